The van der Waals surface area contributed by atoms with E-state index >= 15 is 0 Å². The number of rotatable bonds is 4. The van der Waals surface area contributed by atoms with Gasteiger partial charge < -0.3 is 5.43 Å². The predicted octanol–water partition coefficient (Wildman–Crippen LogP) is 1.90. The van der Waals surface area contributed by atoms with E-state index in [9.17, 15) is 10.1 Å². The van der Waals surface area contributed by atoms with Gasteiger partial charge in [-0.25, -0.2) is 15.8 Å². The van der Waals surface area contributed by atoms with Crippen molar-refractivity contribution in [2.24, 2.45) is 5.84 Å². The van der Waals surface area contributed by atoms with Gasteiger partial charge in [0.05, 0.1) is 4.92 Å². The van der Waals surface area contributed by atoms with E-state index in [4.69, 9.17) is 5.84 Å². The molecule has 0 radical (unpaired) electrons. The Bertz CT molecular complexity index is 575. The molecule has 0 aliphatic heterocycles. The van der Waals surface area contributed by atoms with Crippen molar-refractivity contribution in [1.29, 1.82) is 0 Å². The highest BCUT2D eigenvalue weighted by Crippen LogP contribution is 2.21. The minimum Gasteiger partial charge on any atom is -0.308 e. The van der Waals surface area contributed by atoms with Crippen molar-refractivity contribution in [1.82, 2.24) is 9.97 Å². The molecule has 1 aromatic heterocycles. The van der Waals surface area contributed by atoms with Gasteiger partial charge in [-0.05, 0) is 18.6 Å². The van der Waals surface area contributed by atoms with Crippen LogP contribution in [-0.4, -0.2) is 14.9 Å². The van der Waals surface area contributed by atoms with Gasteiger partial charge in [-0.2, -0.15) is 0 Å². The molecule has 0 aliphatic rings. The van der Waals surface area contributed by atoms with Crippen LogP contribution in [0.15, 0.2) is 30.3 Å². The fraction of sp³-hybridized carbons (Fsp3) is 0.167. The Kier molecular flexibility index (Phi) is 3.67. The smallest absolute Gasteiger partial charge is 0.269 e. The molecule has 2 aromatic rings. The molecule has 0 fully saturated rings. The van der Waals surface area contributed by atoms with E-state index in [1.165, 1.54) is 12.1 Å². The summed E-state index contributed by atoms with van der Waals surface area (Å²) in [5, 5.41) is 10.6. The van der Waals surface area contributed by atoms with Crippen LogP contribution in [0.2, 0.25) is 0 Å². The molecule has 0 atom stereocenters. The molecule has 0 unspecified atom stereocenters. The van der Waals surface area contributed by atoms with Gasteiger partial charge in [-0.1, -0.05) is 6.92 Å². The SMILES string of the molecule is CCc1cc(NN)nc(-c2ccc([N+](=O)[O-])cc2)n1. The largest absolute Gasteiger partial charge is 0.308 e. The number of nitro benzene ring substituents is 1. The van der Waals surface area contributed by atoms with E-state index in [0.717, 1.165) is 12.1 Å². The molecule has 0 bridgehead atoms. The summed E-state index contributed by atoms with van der Waals surface area (Å²) in [6, 6.07) is 7.84. The topological polar surface area (TPSA) is 107 Å². The van der Waals surface area contributed by atoms with E-state index in [1.807, 2.05) is 6.92 Å². The molecule has 0 amide bonds. The van der Waals surface area contributed by atoms with Crippen LogP contribution in [0.4, 0.5) is 11.5 Å². The average molecular weight is 259 g/mol. The Labute approximate surface area is 109 Å². The van der Waals surface area contributed by atoms with E-state index in [-0.39, 0.29) is 5.69 Å². The second-order valence-electron chi connectivity index (χ2n) is 3.87. The highest BCUT2D eigenvalue weighted by atomic mass is 16.6. The van der Waals surface area contributed by atoms with Crippen molar-refractivity contribution in [2.75, 3.05) is 5.43 Å². The molecule has 7 nitrogen and oxygen atoms in total. The molecule has 1 aromatic carbocycles. The summed E-state index contributed by atoms with van der Waals surface area (Å²) in [4.78, 5) is 18.7. The van der Waals surface area contributed by atoms with Crippen LogP contribution < -0.4 is 11.3 Å². The number of nitrogens with one attached hydrogen (secondary N) is 1. The van der Waals surface area contributed by atoms with Crippen molar-refractivity contribution in [3.05, 3.63) is 46.1 Å². The van der Waals surface area contributed by atoms with Gasteiger partial charge >= 0.3 is 0 Å². The summed E-state index contributed by atoms with van der Waals surface area (Å²) in [6.45, 7) is 1.97. The van der Waals surface area contributed by atoms with Crippen molar-refractivity contribution < 1.29 is 4.92 Å². The first-order valence-electron chi connectivity index (χ1n) is 5.73. The number of nitro groups is 1. The van der Waals surface area contributed by atoms with Crippen LogP contribution in [0.25, 0.3) is 11.4 Å². The zero-order valence-electron chi connectivity index (χ0n) is 10.3. The zero-order valence-corrected chi connectivity index (χ0v) is 10.3. The lowest BCUT2D eigenvalue weighted by Gasteiger charge is -2.06. The van der Waals surface area contributed by atoms with Crippen molar-refractivity contribution in [2.45, 2.75) is 13.3 Å². The molecular formula is C12H13N5O2. The molecule has 0 aliphatic carbocycles. The standard InChI is InChI=1S/C12H13N5O2/c1-2-9-7-11(16-13)15-12(14-9)8-3-5-10(6-4-8)17(18)19/h3-7H,2,13H2,1H3,(H,14,15,16). The monoisotopic (exact) mass is 259 g/mol. The predicted molar refractivity (Wildman–Crippen MR) is 71.3 cm³/mol. The van der Waals surface area contributed by atoms with Crippen LogP contribution in [0.1, 0.15) is 12.6 Å². The van der Waals surface area contributed by atoms with Gasteiger partial charge in [-0.15, -0.1) is 0 Å². The van der Waals surface area contributed by atoms with Crippen LogP contribution in [0, 0.1) is 10.1 Å². The molecule has 3 N–H and O–H groups in total. The van der Waals surface area contributed by atoms with Gasteiger partial charge in [0.1, 0.15) is 5.82 Å². The number of aromatic nitrogens is 2. The highest BCUT2D eigenvalue weighted by molar-refractivity contribution is 5.59. The lowest BCUT2D eigenvalue weighted by atomic mass is 10.2. The number of hydrogen-bond acceptors (Lipinski definition) is 6. The maximum absolute atomic E-state index is 10.6. The summed E-state index contributed by atoms with van der Waals surface area (Å²) in [5.41, 5.74) is 4.07. The molecule has 2 rings (SSSR count). The van der Waals surface area contributed by atoms with Gasteiger partial charge in [0.15, 0.2) is 5.82 Å². The number of aryl methyl sites for hydroxylation is 1. The van der Waals surface area contributed by atoms with Crippen molar-refractivity contribution in [3.63, 3.8) is 0 Å². The normalized spacial score (nSPS) is 10.2. The minimum atomic E-state index is -0.444. The number of benzene rings is 1. The molecule has 7 heteroatoms. The van der Waals surface area contributed by atoms with Crippen molar-refractivity contribution >= 4 is 11.5 Å². The van der Waals surface area contributed by atoms with Crippen LogP contribution in [0.3, 0.4) is 0 Å². The lowest BCUT2D eigenvalue weighted by Crippen LogP contribution is -2.10. The van der Waals surface area contributed by atoms with Crippen LogP contribution in [-0.2, 0) is 6.42 Å². The first kappa shape index (κ1) is 12.9. The van der Waals surface area contributed by atoms with E-state index < -0.39 is 4.92 Å². The third kappa shape index (κ3) is 2.83. The third-order valence-corrected chi connectivity index (χ3v) is 2.63. The summed E-state index contributed by atoms with van der Waals surface area (Å²) >= 11 is 0. The number of non-ortho nitro benzene ring substituents is 1. The number of hydrogen-bond donors (Lipinski definition) is 2. The second-order valence-corrected chi connectivity index (χ2v) is 3.87. The summed E-state index contributed by atoms with van der Waals surface area (Å²) in [5.74, 6) is 6.36. The Morgan fingerprint density at radius 3 is 2.53 bits per heavy atom. The highest BCUT2D eigenvalue weighted by Gasteiger charge is 2.09. The summed E-state index contributed by atoms with van der Waals surface area (Å²) in [7, 11) is 0. The maximum Gasteiger partial charge on any atom is 0.269 e. The van der Waals surface area contributed by atoms with E-state index in [1.54, 1.807) is 18.2 Å². The Morgan fingerprint density at radius 1 is 1.32 bits per heavy atom. The molecule has 19 heavy (non-hydrogen) atoms. The molecule has 0 saturated heterocycles. The number of anilines is 1. The van der Waals surface area contributed by atoms with Gasteiger partial charge in [0.2, 0.25) is 0 Å². The van der Waals surface area contributed by atoms with Crippen LogP contribution in [0.5, 0.6) is 0 Å². The fourth-order valence-corrected chi connectivity index (χ4v) is 1.61. The van der Waals surface area contributed by atoms with Gasteiger partial charge in [0, 0.05) is 29.5 Å². The van der Waals surface area contributed by atoms with Gasteiger partial charge in [-0.3, -0.25) is 10.1 Å². The van der Waals surface area contributed by atoms with Crippen molar-refractivity contribution in [3.8, 4) is 11.4 Å². The Hall–Kier alpha value is -2.54. The number of hydrazine groups is 1. The van der Waals surface area contributed by atoms with E-state index in [0.29, 0.717) is 17.2 Å². The molecule has 0 spiro atoms. The number of nitrogens with two attached hydrogens (primary N) is 1. The molecule has 98 valence electrons. The second kappa shape index (κ2) is 5.40. The molecule has 0 saturated carbocycles. The van der Waals surface area contributed by atoms with Gasteiger partial charge in [0.25, 0.3) is 5.69 Å². The Morgan fingerprint density at radius 2 is 2.00 bits per heavy atom. The van der Waals surface area contributed by atoms with E-state index in [2.05, 4.69) is 15.4 Å². The molecular weight excluding hydrogens is 246 g/mol. The first-order valence-corrected chi connectivity index (χ1v) is 5.73. The zero-order chi connectivity index (χ0) is 13.8. The lowest BCUT2D eigenvalue weighted by molar-refractivity contribution is -0.384. The third-order valence-electron chi connectivity index (χ3n) is 2.63. The average Bonchev–Trinajstić information content (AvgIpc) is 2.46. The first-order chi connectivity index (χ1) is 9.13. The Balaban J connectivity index is 2.42. The quantitative estimate of drug-likeness (QED) is 0.493. The number of nitrogens with zero attached hydrogens (tertiary/aromatic N) is 3. The fourth-order valence-electron chi connectivity index (χ4n) is 1.61. The summed E-state index contributed by atoms with van der Waals surface area (Å²) < 4.78 is 0. The van der Waals surface area contributed by atoms with Crippen LogP contribution >= 0.6 is 0 Å². The maximum atomic E-state index is 10.6. The molecule has 1 heterocycles. The summed E-state index contributed by atoms with van der Waals surface area (Å²) in [6.07, 6.45) is 0.747. The minimum absolute atomic E-state index is 0.0348. The number of nitrogen functional groups attached to an aromatic ring is 1.